The van der Waals surface area contributed by atoms with E-state index in [1.165, 1.54) is 6.07 Å². The minimum atomic E-state index is -4.46. The Morgan fingerprint density at radius 1 is 1.32 bits per heavy atom. The third-order valence-electron chi connectivity index (χ3n) is 3.11. The van der Waals surface area contributed by atoms with Crippen molar-refractivity contribution in [3.63, 3.8) is 0 Å². The largest absolute Gasteiger partial charge is 0.477 e. The number of halogens is 3. The molecule has 0 aromatic carbocycles. The Morgan fingerprint density at radius 2 is 2.16 bits per heavy atom. The van der Waals surface area contributed by atoms with Gasteiger partial charge in [-0.1, -0.05) is 0 Å². The van der Waals surface area contributed by atoms with Crippen molar-refractivity contribution in [1.29, 1.82) is 0 Å². The lowest BCUT2D eigenvalue weighted by atomic mass is 9.97. The van der Waals surface area contributed by atoms with E-state index in [1.807, 2.05) is 0 Å². The van der Waals surface area contributed by atoms with Crippen molar-refractivity contribution in [2.24, 2.45) is 5.92 Å². The molecule has 1 N–H and O–H groups in total. The lowest BCUT2D eigenvalue weighted by molar-refractivity contribution is -0.141. The van der Waals surface area contributed by atoms with Crippen LogP contribution in [0, 0.1) is 5.92 Å². The van der Waals surface area contributed by atoms with E-state index in [2.05, 4.69) is 15.5 Å². The second-order valence-electron chi connectivity index (χ2n) is 4.60. The molecule has 1 aliphatic heterocycles. The molecule has 4 nitrogen and oxygen atoms in total. The zero-order chi connectivity index (χ0) is 13.7. The first-order chi connectivity index (χ1) is 9.05. The summed E-state index contributed by atoms with van der Waals surface area (Å²) in [6.07, 6.45) is -1.27. The summed E-state index contributed by atoms with van der Waals surface area (Å²) in [6.45, 7) is 2.48. The van der Waals surface area contributed by atoms with E-state index < -0.39 is 11.9 Å². The fourth-order valence-electron chi connectivity index (χ4n) is 2.05. The van der Waals surface area contributed by atoms with Crippen LogP contribution in [-0.4, -0.2) is 29.9 Å². The van der Waals surface area contributed by atoms with Crippen molar-refractivity contribution in [2.75, 3.05) is 19.7 Å². The quantitative estimate of drug-likeness (QED) is 0.915. The van der Waals surface area contributed by atoms with Gasteiger partial charge in [0.05, 0.1) is 6.61 Å². The van der Waals surface area contributed by atoms with E-state index >= 15 is 0 Å². The van der Waals surface area contributed by atoms with E-state index in [9.17, 15) is 13.2 Å². The van der Waals surface area contributed by atoms with Gasteiger partial charge in [0.1, 0.15) is 0 Å². The molecular weight excluding hydrogens is 259 g/mol. The van der Waals surface area contributed by atoms with Crippen LogP contribution in [0.5, 0.6) is 5.88 Å². The van der Waals surface area contributed by atoms with E-state index in [-0.39, 0.29) is 5.88 Å². The highest BCUT2D eigenvalue weighted by molar-refractivity contribution is 5.13. The standard InChI is InChI=1S/C12H16F3N3O/c13-12(14,15)10-3-4-11(18-17-10)19-7-5-9-2-1-6-16-8-9/h3-4,9,16H,1-2,5-8H2. The average Bonchev–Trinajstić information content (AvgIpc) is 2.39. The van der Waals surface area contributed by atoms with Crippen molar-refractivity contribution in [3.8, 4) is 5.88 Å². The van der Waals surface area contributed by atoms with Crippen LogP contribution < -0.4 is 10.1 Å². The van der Waals surface area contributed by atoms with Gasteiger partial charge in [0, 0.05) is 6.07 Å². The Hall–Kier alpha value is -1.37. The SMILES string of the molecule is FC(F)(F)c1ccc(OCCC2CCCNC2)nn1. The molecule has 0 aliphatic carbocycles. The summed E-state index contributed by atoms with van der Waals surface area (Å²) in [5.74, 6) is 0.702. The lowest BCUT2D eigenvalue weighted by Crippen LogP contribution is -2.30. The Kier molecular flexibility index (Phi) is 4.57. The number of hydrogen-bond acceptors (Lipinski definition) is 4. The normalized spacial score (nSPS) is 20.3. The second kappa shape index (κ2) is 6.18. The van der Waals surface area contributed by atoms with Gasteiger partial charge in [-0.15, -0.1) is 10.2 Å². The van der Waals surface area contributed by atoms with Crippen LogP contribution in [0.15, 0.2) is 12.1 Å². The van der Waals surface area contributed by atoms with Gasteiger partial charge >= 0.3 is 6.18 Å². The van der Waals surface area contributed by atoms with E-state index in [0.717, 1.165) is 38.4 Å². The molecule has 106 valence electrons. The topological polar surface area (TPSA) is 47.0 Å². The zero-order valence-electron chi connectivity index (χ0n) is 10.4. The van der Waals surface area contributed by atoms with Crippen molar-refractivity contribution in [3.05, 3.63) is 17.8 Å². The molecule has 19 heavy (non-hydrogen) atoms. The zero-order valence-corrected chi connectivity index (χ0v) is 10.4. The van der Waals surface area contributed by atoms with Gasteiger partial charge in [-0.05, 0) is 44.3 Å². The first-order valence-corrected chi connectivity index (χ1v) is 6.30. The molecule has 2 rings (SSSR count). The molecule has 0 radical (unpaired) electrons. The smallest absolute Gasteiger partial charge is 0.435 e. The number of piperidine rings is 1. The van der Waals surface area contributed by atoms with Crippen LogP contribution in [0.2, 0.25) is 0 Å². The molecule has 1 aromatic heterocycles. The van der Waals surface area contributed by atoms with E-state index in [4.69, 9.17) is 4.74 Å². The molecule has 0 bridgehead atoms. The highest BCUT2D eigenvalue weighted by Crippen LogP contribution is 2.27. The molecule has 0 saturated carbocycles. The predicted octanol–water partition coefficient (Wildman–Crippen LogP) is 2.26. The first-order valence-electron chi connectivity index (χ1n) is 6.30. The van der Waals surface area contributed by atoms with Gasteiger partial charge in [-0.3, -0.25) is 0 Å². The number of nitrogens with one attached hydrogen (secondary N) is 1. The van der Waals surface area contributed by atoms with Crippen LogP contribution in [0.1, 0.15) is 25.0 Å². The molecule has 1 saturated heterocycles. The summed E-state index contributed by atoms with van der Waals surface area (Å²) in [7, 11) is 0. The van der Waals surface area contributed by atoms with Gasteiger partial charge in [0.25, 0.3) is 0 Å². The van der Waals surface area contributed by atoms with Crippen molar-refractivity contribution in [2.45, 2.75) is 25.4 Å². The molecule has 2 heterocycles. The summed E-state index contributed by atoms with van der Waals surface area (Å²) < 4.78 is 42.1. The molecule has 1 aliphatic rings. The Balaban J connectivity index is 1.76. The summed E-state index contributed by atoms with van der Waals surface area (Å²) in [5, 5.41) is 9.82. The fourth-order valence-corrected chi connectivity index (χ4v) is 2.05. The van der Waals surface area contributed by atoms with Crippen molar-refractivity contribution in [1.82, 2.24) is 15.5 Å². The van der Waals surface area contributed by atoms with Gasteiger partial charge in [0.2, 0.25) is 5.88 Å². The van der Waals surface area contributed by atoms with Crippen LogP contribution in [0.3, 0.4) is 0 Å². The fraction of sp³-hybridized carbons (Fsp3) is 0.667. The van der Waals surface area contributed by atoms with Gasteiger partial charge < -0.3 is 10.1 Å². The maximum Gasteiger partial charge on any atom is 0.435 e. The third kappa shape index (κ3) is 4.34. The summed E-state index contributed by atoms with van der Waals surface area (Å²) >= 11 is 0. The predicted molar refractivity (Wildman–Crippen MR) is 62.7 cm³/mol. The molecule has 1 aromatic rings. The maximum atomic E-state index is 12.3. The van der Waals surface area contributed by atoms with Gasteiger partial charge in [0.15, 0.2) is 5.69 Å². The molecule has 1 unspecified atom stereocenters. The maximum absolute atomic E-state index is 12.3. The summed E-state index contributed by atoms with van der Waals surface area (Å²) in [4.78, 5) is 0. The average molecular weight is 275 g/mol. The Labute approximate surface area is 109 Å². The number of aromatic nitrogens is 2. The van der Waals surface area contributed by atoms with Crippen LogP contribution in [0.4, 0.5) is 13.2 Å². The molecule has 1 atom stereocenters. The van der Waals surface area contributed by atoms with Crippen molar-refractivity contribution < 1.29 is 17.9 Å². The van der Waals surface area contributed by atoms with Crippen LogP contribution in [-0.2, 0) is 6.18 Å². The Bertz CT molecular complexity index is 388. The monoisotopic (exact) mass is 275 g/mol. The number of alkyl halides is 3. The number of hydrogen-bond donors (Lipinski definition) is 1. The first kappa shape index (κ1) is 14.0. The molecule has 0 amide bonds. The Morgan fingerprint density at radius 3 is 2.74 bits per heavy atom. The second-order valence-corrected chi connectivity index (χ2v) is 4.60. The summed E-state index contributed by atoms with van der Waals surface area (Å²) in [5.41, 5.74) is -1.00. The highest BCUT2D eigenvalue weighted by atomic mass is 19.4. The van der Waals surface area contributed by atoms with Gasteiger partial charge in [-0.25, -0.2) is 0 Å². The van der Waals surface area contributed by atoms with Crippen LogP contribution >= 0.6 is 0 Å². The van der Waals surface area contributed by atoms with Crippen molar-refractivity contribution >= 4 is 0 Å². The minimum absolute atomic E-state index is 0.136. The van der Waals surface area contributed by atoms with Crippen LogP contribution in [0.25, 0.3) is 0 Å². The molecule has 1 fully saturated rings. The molecular formula is C12H16F3N3O. The van der Waals surface area contributed by atoms with E-state index in [1.54, 1.807) is 0 Å². The minimum Gasteiger partial charge on any atom is -0.477 e. The van der Waals surface area contributed by atoms with E-state index in [0.29, 0.717) is 12.5 Å². The lowest BCUT2D eigenvalue weighted by Gasteiger charge is -2.22. The third-order valence-corrected chi connectivity index (χ3v) is 3.11. The number of rotatable bonds is 4. The number of ether oxygens (including phenoxy) is 1. The summed E-state index contributed by atoms with van der Waals surface area (Å²) in [6, 6.07) is 2.08. The highest BCUT2D eigenvalue weighted by Gasteiger charge is 2.32. The van der Waals surface area contributed by atoms with Gasteiger partial charge in [-0.2, -0.15) is 13.2 Å². The molecule has 7 heteroatoms. The number of nitrogens with zero attached hydrogens (tertiary/aromatic N) is 2. The molecule has 0 spiro atoms.